The van der Waals surface area contributed by atoms with Crippen molar-refractivity contribution in [3.8, 4) is 11.1 Å². The second-order valence-corrected chi connectivity index (χ2v) is 7.45. The van der Waals surface area contributed by atoms with Crippen molar-refractivity contribution in [2.45, 2.75) is 0 Å². The maximum atomic E-state index is 9.55. The summed E-state index contributed by atoms with van der Waals surface area (Å²) in [4.78, 5) is 28.5. The minimum absolute atomic E-state index is 0.558. The Hall–Kier alpha value is -3.19. The van der Waals surface area contributed by atoms with Gasteiger partial charge in [-0.2, -0.15) is 0 Å². The van der Waals surface area contributed by atoms with Crippen LogP contribution in [0, 0.1) is 11.8 Å². The summed E-state index contributed by atoms with van der Waals surface area (Å²) in [5, 5.41) is 15.6. The summed E-state index contributed by atoms with van der Waals surface area (Å²) in [6, 6.07) is 12.8. The molecule has 0 unspecified atom stereocenters. The molecule has 2 aliphatic rings. The van der Waals surface area contributed by atoms with Crippen LogP contribution in [0.4, 0.5) is 5.69 Å². The van der Waals surface area contributed by atoms with Crippen LogP contribution in [0.1, 0.15) is 0 Å². The van der Waals surface area contributed by atoms with Gasteiger partial charge in [0.05, 0.1) is 11.9 Å². The quantitative estimate of drug-likeness (QED) is 0.768. The molecular formula is C22H25N3O4. The van der Waals surface area contributed by atoms with Gasteiger partial charge in [-0.25, -0.2) is 9.59 Å². The van der Waals surface area contributed by atoms with Gasteiger partial charge in [0.2, 0.25) is 0 Å². The molecule has 2 atom stereocenters. The molecule has 2 saturated heterocycles. The maximum absolute atomic E-state index is 9.55. The minimum atomic E-state index is -1.26. The summed E-state index contributed by atoms with van der Waals surface area (Å²) < 4.78 is 0. The van der Waals surface area contributed by atoms with E-state index < -0.39 is 11.9 Å². The van der Waals surface area contributed by atoms with E-state index in [9.17, 15) is 9.59 Å². The molecule has 3 heterocycles. The van der Waals surface area contributed by atoms with Gasteiger partial charge in [-0.3, -0.25) is 4.98 Å². The number of carbonyl (C=O) groups is 2. The molecule has 7 nitrogen and oxygen atoms in total. The molecule has 0 bridgehead atoms. The zero-order chi connectivity index (χ0) is 20.8. The number of hydrogen-bond donors (Lipinski definition) is 2. The number of aromatic nitrogens is 1. The SMILES string of the molecule is CN1C[C@@H]2CN(c3cncc(-c4ccccc4)c3)C[C@@H]2C1.O=C(O)/C=C/C(=O)O. The zero-order valence-electron chi connectivity index (χ0n) is 16.3. The molecule has 2 aromatic rings. The van der Waals surface area contributed by atoms with Crippen molar-refractivity contribution in [3.63, 3.8) is 0 Å². The summed E-state index contributed by atoms with van der Waals surface area (Å²) in [5.41, 5.74) is 3.72. The monoisotopic (exact) mass is 395 g/mol. The topological polar surface area (TPSA) is 94.0 Å². The molecule has 1 aromatic heterocycles. The first-order chi connectivity index (χ1) is 13.9. The first-order valence-electron chi connectivity index (χ1n) is 9.50. The Labute approximate surface area is 169 Å². The Balaban J connectivity index is 0.000000258. The molecule has 0 amide bonds. The Morgan fingerprint density at radius 2 is 1.52 bits per heavy atom. The number of pyridine rings is 1. The number of fused-ring (bicyclic) bond motifs is 1. The third kappa shape index (κ3) is 5.65. The van der Waals surface area contributed by atoms with Crippen molar-refractivity contribution in [2.24, 2.45) is 11.8 Å². The first-order valence-corrected chi connectivity index (χ1v) is 9.50. The van der Waals surface area contributed by atoms with Crippen molar-refractivity contribution in [2.75, 3.05) is 38.1 Å². The van der Waals surface area contributed by atoms with E-state index in [1.165, 1.54) is 43.0 Å². The fraction of sp³-hybridized carbons (Fsp3) is 0.318. The molecule has 0 aliphatic carbocycles. The van der Waals surface area contributed by atoms with Gasteiger partial charge in [0, 0.05) is 50.1 Å². The van der Waals surface area contributed by atoms with Crippen LogP contribution in [0.5, 0.6) is 0 Å². The summed E-state index contributed by atoms with van der Waals surface area (Å²) in [7, 11) is 2.24. The molecular weight excluding hydrogens is 370 g/mol. The van der Waals surface area contributed by atoms with Gasteiger partial charge in [-0.05, 0) is 30.5 Å². The summed E-state index contributed by atoms with van der Waals surface area (Å²) >= 11 is 0. The van der Waals surface area contributed by atoms with Crippen LogP contribution in [0.2, 0.25) is 0 Å². The third-order valence-corrected chi connectivity index (χ3v) is 5.23. The van der Waals surface area contributed by atoms with Crippen LogP contribution in [-0.2, 0) is 9.59 Å². The van der Waals surface area contributed by atoms with Crippen molar-refractivity contribution < 1.29 is 19.8 Å². The molecule has 29 heavy (non-hydrogen) atoms. The molecule has 4 rings (SSSR count). The third-order valence-electron chi connectivity index (χ3n) is 5.23. The number of likely N-dealkylation sites (tertiary alicyclic amines) is 1. The van der Waals surface area contributed by atoms with Gasteiger partial charge in [-0.15, -0.1) is 0 Å². The highest BCUT2D eigenvalue weighted by molar-refractivity contribution is 5.89. The molecule has 152 valence electrons. The maximum Gasteiger partial charge on any atom is 0.328 e. The lowest BCUT2D eigenvalue weighted by molar-refractivity contribution is -0.134. The number of benzene rings is 1. The van der Waals surface area contributed by atoms with Gasteiger partial charge in [-0.1, -0.05) is 30.3 Å². The standard InChI is InChI=1S/C18H21N3.C4H4O4/c1-20-10-16-12-21(13-17(16)11-20)18-7-15(8-19-9-18)14-5-3-2-4-6-14;5-3(6)1-2-4(7)8/h2-9,16-17H,10-13H2,1H3;1-2H,(H,5,6)(H,7,8)/b;2-1+/t16-,17+;. The number of anilines is 1. The Morgan fingerprint density at radius 3 is 2.07 bits per heavy atom. The van der Waals surface area contributed by atoms with Gasteiger partial charge in [0.1, 0.15) is 0 Å². The molecule has 2 N–H and O–H groups in total. The van der Waals surface area contributed by atoms with Crippen LogP contribution >= 0.6 is 0 Å². The number of aliphatic carboxylic acids is 2. The minimum Gasteiger partial charge on any atom is -0.478 e. The molecule has 2 fully saturated rings. The number of carboxylic acids is 2. The Morgan fingerprint density at radius 1 is 0.931 bits per heavy atom. The average Bonchev–Trinajstić information content (AvgIpc) is 3.25. The van der Waals surface area contributed by atoms with E-state index in [0.717, 1.165) is 11.8 Å². The number of rotatable bonds is 4. The van der Waals surface area contributed by atoms with Crippen molar-refractivity contribution in [1.82, 2.24) is 9.88 Å². The van der Waals surface area contributed by atoms with E-state index in [2.05, 4.69) is 58.2 Å². The van der Waals surface area contributed by atoms with Crippen molar-refractivity contribution in [1.29, 1.82) is 0 Å². The number of carboxylic acid groups (broad SMARTS) is 2. The van der Waals surface area contributed by atoms with E-state index >= 15 is 0 Å². The number of nitrogens with zero attached hydrogens (tertiary/aromatic N) is 3. The normalized spacial score (nSPS) is 20.9. The lowest BCUT2D eigenvalue weighted by Gasteiger charge is -2.21. The lowest BCUT2D eigenvalue weighted by Crippen LogP contribution is -2.26. The zero-order valence-corrected chi connectivity index (χ0v) is 16.3. The molecule has 0 saturated carbocycles. The van der Waals surface area contributed by atoms with Crippen molar-refractivity contribution in [3.05, 3.63) is 60.9 Å². The molecule has 1 aromatic carbocycles. The second-order valence-electron chi connectivity index (χ2n) is 7.45. The first kappa shape index (κ1) is 20.5. The molecule has 0 radical (unpaired) electrons. The van der Waals surface area contributed by atoms with Crippen LogP contribution in [-0.4, -0.2) is 65.3 Å². The van der Waals surface area contributed by atoms with E-state index in [0.29, 0.717) is 12.2 Å². The highest BCUT2D eigenvalue weighted by Gasteiger charge is 2.38. The Kier molecular flexibility index (Phi) is 6.61. The molecule has 2 aliphatic heterocycles. The van der Waals surface area contributed by atoms with Gasteiger partial charge in [0.25, 0.3) is 0 Å². The average molecular weight is 395 g/mol. The summed E-state index contributed by atoms with van der Waals surface area (Å²) in [6.07, 6.45) is 5.09. The molecule has 0 spiro atoms. The predicted octanol–water partition coefficient (Wildman–Crippen LogP) is 2.46. The highest BCUT2D eigenvalue weighted by Crippen LogP contribution is 2.34. The van der Waals surface area contributed by atoms with Gasteiger partial charge in [0.15, 0.2) is 0 Å². The van der Waals surface area contributed by atoms with Crippen LogP contribution in [0.15, 0.2) is 60.9 Å². The second kappa shape index (κ2) is 9.34. The van der Waals surface area contributed by atoms with Gasteiger partial charge < -0.3 is 20.0 Å². The van der Waals surface area contributed by atoms with E-state index in [-0.39, 0.29) is 0 Å². The smallest absolute Gasteiger partial charge is 0.328 e. The van der Waals surface area contributed by atoms with Crippen LogP contribution in [0.25, 0.3) is 11.1 Å². The fourth-order valence-electron chi connectivity index (χ4n) is 3.97. The van der Waals surface area contributed by atoms with E-state index in [1.54, 1.807) is 0 Å². The van der Waals surface area contributed by atoms with Crippen molar-refractivity contribution >= 4 is 17.6 Å². The van der Waals surface area contributed by atoms with E-state index in [1.807, 2.05) is 12.4 Å². The predicted molar refractivity (Wildman–Crippen MR) is 111 cm³/mol. The Bertz CT molecular complexity index is 855. The lowest BCUT2D eigenvalue weighted by atomic mass is 10.0. The van der Waals surface area contributed by atoms with Gasteiger partial charge >= 0.3 is 11.9 Å². The van der Waals surface area contributed by atoms with Crippen LogP contribution < -0.4 is 4.90 Å². The number of hydrogen-bond acceptors (Lipinski definition) is 5. The molecule has 7 heteroatoms. The van der Waals surface area contributed by atoms with Crippen LogP contribution in [0.3, 0.4) is 0 Å². The summed E-state index contributed by atoms with van der Waals surface area (Å²) in [6.45, 7) is 4.84. The highest BCUT2D eigenvalue weighted by atomic mass is 16.4. The van der Waals surface area contributed by atoms with E-state index in [4.69, 9.17) is 10.2 Å². The summed E-state index contributed by atoms with van der Waals surface area (Å²) in [5.74, 6) is -0.856. The largest absolute Gasteiger partial charge is 0.478 e. The fourth-order valence-corrected chi connectivity index (χ4v) is 3.97.